The Hall–Kier alpha value is -1.44. The molecule has 0 unspecified atom stereocenters. The number of fused-ring (bicyclic) bond motifs is 1. The van der Waals surface area contributed by atoms with Crippen molar-refractivity contribution in [3.63, 3.8) is 0 Å². The van der Waals surface area contributed by atoms with Gasteiger partial charge in [0.05, 0.1) is 0 Å². The van der Waals surface area contributed by atoms with E-state index in [0.29, 0.717) is 10.7 Å². The van der Waals surface area contributed by atoms with Gasteiger partial charge in [0.1, 0.15) is 17.5 Å². The summed E-state index contributed by atoms with van der Waals surface area (Å²) in [5.41, 5.74) is 2.34. The van der Waals surface area contributed by atoms with Crippen LogP contribution in [0, 0.1) is 11.3 Å². The van der Waals surface area contributed by atoms with Gasteiger partial charge in [-0.15, -0.1) is 0 Å². The molecule has 0 fully saturated rings. The Morgan fingerprint density at radius 2 is 2.12 bits per heavy atom. The zero-order valence-corrected chi connectivity index (χ0v) is 10.4. The van der Waals surface area contributed by atoms with Gasteiger partial charge in [-0.05, 0) is 12.1 Å². The van der Waals surface area contributed by atoms with Crippen LogP contribution in [0.15, 0.2) is 29.4 Å². The summed E-state index contributed by atoms with van der Waals surface area (Å²) >= 11 is 7.54. The molecule has 0 saturated heterocycles. The van der Waals surface area contributed by atoms with Crippen molar-refractivity contribution >= 4 is 23.4 Å². The molecule has 5 heteroatoms. The van der Waals surface area contributed by atoms with Crippen molar-refractivity contribution in [2.75, 3.05) is 5.75 Å². The van der Waals surface area contributed by atoms with Crippen molar-refractivity contribution in [2.45, 2.75) is 11.7 Å². The molecule has 0 bridgehead atoms. The van der Waals surface area contributed by atoms with E-state index in [9.17, 15) is 5.26 Å². The number of hydrogen-bond donors (Lipinski definition) is 0. The predicted octanol–water partition coefficient (Wildman–Crippen LogP) is 3.18. The molecule has 2 heterocycles. The van der Waals surface area contributed by atoms with Crippen LogP contribution >= 0.6 is 23.4 Å². The first-order valence-electron chi connectivity index (χ1n) is 5.19. The number of hydrogen-bond acceptors (Lipinski definition) is 3. The molecular formula is C12H8ClN3S. The minimum Gasteiger partial charge on any atom is -0.309 e. The highest BCUT2D eigenvalue weighted by atomic mass is 35.5. The second-order valence-electron chi connectivity index (χ2n) is 3.71. The molecule has 84 valence electrons. The first kappa shape index (κ1) is 10.7. The summed E-state index contributed by atoms with van der Waals surface area (Å²) in [5, 5.41) is 10.9. The fourth-order valence-electron chi connectivity index (χ4n) is 1.90. The third-order valence-electron chi connectivity index (χ3n) is 2.70. The van der Waals surface area contributed by atoms with Crippen LogP contribution < -0.4 is 0 Å². The standard InChI is InChI=1S/C12H8ClN3S/c13-9-3-1-8(2-4-9)11-10(7-14)16-5-6-17-12(16)15-11/h1-4H,5-6H2. The fourth-order valence-corrected chi connectivity index (χ4v) is 2.98. The van der Waals surface area contributed by atoms with Crippen LogP contribution in [-0.4, -0.2) is 15.3 Å². The molecule has 0 saturated carbocycles. The summed E-state index contributed by atoms with van der Waals surface area (Å²) in [6, 6.07) is 9.66. The van der Waals surface area contributed by atoms with E-state index in [1.165, 1.54) is 0 Å². The maximum Gasteiger partial charge on any atom is 0.169 e. The minimum absolute atomic E-state index is 0.646. The quantitative estimate of drug-likeness (QED) is 0.792. The van der Waals surface area contributed by atoms with Crippen LogP contribution in [0.3, 0.4) is 0 Å². The summed E-state index contributed by atoms with van der Waals surface area (Å²) in [7, 11) is 0. The SMILES string of the molecule is N#Cc1c(-c2ccc(Cl)cc2)nc2n1CCS2. The van der Waals surface area contributed by atoms with Crippen LogP contribution in [0.25, 0.3) is 11.3 Å². The molecule has 0 radical (unpaired) electrons. The highest BCUT2D eigenvalue weighted by molar-refractivity contribution is 7.99. The van der Waals surface area contributed by atoms with E-state index in [2.05, 4.69) is 11.1 Å². The van der Waals surface area contributed by atoms with Gasteiger partial charge in [0.15, 0.2) is 5.16 Å². The van der Waals surface area contributed by atoms with Crippen molar-refractivity contribution in [1.29, 1.82) is 5.26 Å². The zero-order valence-electron chi connectivity index (χ0n) is 8.85. The molecule has 1 aliphatic heterocycles. The van der Waals surface area contributed by atoms with Crippen molar-refractivity contribution in [2.24, 2.45) is 0 Å². The lowest BCUT2D eigenvalue weighted by Gasteiger charge is -2.00. The van der Waals surface area contributed by atoms with Crippen molar-refractivity contribution in [3.05, 3.63) is 35.0 Å². The number of imidazole rings is 1. The van der Waals surface area contributed by atoms with Gasteiger partial charge in [-0.25, -0.2) is 4.98 Å². The van der Waals surface area contributed by atoms with Gasteiger partial charge < -0.3 is 4.57 Å². The lowest BCUT2D eigenvalue weighted by Crippen LogP contribution is -1.97. The summed E-state index contributed by atoms with van der Waals surface area (Å²) in [5.74, 6) is 0.998. The van der Waals surface area contributed by atoms with E-state index in [4.69, 9.17) is 11.6 Å². The Morgan fingerprint density at radius 1 is 1.35 bits per heavy atom. The van der Waals surface area contributed by atoms with Gasteiger partial charge in [0.2, 0.25) is 0 Å². The molecular weight excluding hydrogens is 254 g/mol. The molecule has 1 aromatic carbocycles. The molecule has 0 N–H and O–H groups in total. The maximum absolute atomic E-state index is 9.24. The Morgan fingerprint density at radius 3 is 2.82 bits per heavy atom. The number of thioether (sulfide) groups is 1. The van der Waals surface area contributed by atoms with E-state index in [1.807, 2.05) is 28.8 Å². The third-order valence-corrected chi connectivity index (χ3v) is 3.91. The van der Waals surface area contributed by atoms with Crippen molar-refractivity contribution < 1.29 is 0 Å². The van der Waals surface area contributed by atoms with Crippen LogP contribution in [0.5, 0.6) is 0 Å². The van der Waals surface area contributed by atoms with Gasteiger partial charge in [-0.2, -0.15) is 5.26 Å². The average Bonchev–Trinajstić information content (AvgIpc) is 2.89. The number of benzene rings is 1. The highest BCUT2D eigenvalue weighted by Crippen LogP contribution is 2.32. The number of halogens is 1. The summed E-state index contributed by atoms with van der Waals surface area (Å²) < 4.78 is 1.98. The molecule has 0 spiro atoms. The van der Waals surface area contributed by atoms with Gasteiger partial charge in [-0.1, -0.05) is 35.5 Å². The van der Waals surface area contributed by atoms with Crippen LogP contribution in [0.1, 0.15) is 5.69 Å². The summed E-state index contributed by atoms with van der Waals surface area (Å²) in [6.07, 6.45) is 0. The summed E-state index contributed by atoms with van der Waals surface area (Å²) in [4.78, 5) is 4.52. The number of aromatic nitrogens is 2. The largest absolute Gasteiger partial charge is 0.309 e. The topological polar surface area (TPSA) is 41.6 Å². The first-order chi connectivity index (χ1) is 8.29. The Bertz CT molecular complexity index is 610. The third kappa shape index (κ3) is 1.72. The van der Waals surface area contributed by atoms with Gasteiger partial charge in [0, 0.05) is 22.9 Å². The minimum atomic E-state index is 0.646. The Labute approximate surface area is 108 Å². The van der Waals surface area contributed by atoms with Gasteiger partial charge in [-0.3, -0.25) is 0 Å². The smallest absolute Gasteiger partial charge is 0.169 e. The molecule has 3 nitrogen and oxygen atoms in total. The Balaban J connectivity index is 2.16. The van der Waals surface area contributed by atoms with Crippen LogP contribution in [0.2, 0.25) is 5.02 Å². The molecule has 1 aromatic heterocycles. The van der Waals surface area contributed by atoms with Crippen molar-refractivity contribution in [3.8, 4) is 17.3 Å². The number of nitrogens with zero attached hydrogens (tertiary/aromatic N) is 3. The van der Waals surface area contributed by atoms with E-state index >= 15 is 0 Å². The Kier molecular flexibility index (Phi) is 2.58. The van der Waals surface area contributed by atoms with E-state index < -0.39 is 0 Å². The molecule has 0 amide bonds. The fraction of sp³-hybridized carbons (Fsp3) is 0.167. The van der Waals surface area contributed by atoms with Crippen molar-refractivity contribution in [1.82, 2.24) is 9.55 Å². The first-order valence-corrected chi connectivity index (χ1v) is 6.55. The molecule has 0 aliphatic carbocycles. The molecule has 1 aliphatic rings. The summed E-state index contributed by atoms with van der Waals surface area (Å²) in [6.45, 7) is 0.865. The number of nitriles is 1. The molecule has 0 atom stereocenters. The molecule has 17 heavy (non-hydrogen) atoms. The lowest BCUT2D eigenvalue weighted by molar-refractivity contribution is 0.711. The van der Waals surface area contributed by atoms with E-state index in [1.54, 1.807) is 11.8 Å². The van der Waals surface area contributed by atoms with Gasteiger partial charge >= 0.3 is 0 Å². The van der Waals surface area contributed by atoms with E-state index in [-0.39, 0.29) is 0 Å². The highest BCUT2D eigenvalue weighted by Gasteiger charge is 2.22. The van der Waals surface area contributed by atoms with E-state index in [0.717, 1.165) is 28.7 Å². The number of rotatable bonds is 1. The monoisotopic (exact) mass is 261 g/mol. The van der Waals surface area contributed by atoms with Gasteiger partial charge in [0.25, 0.3) is 0 Å². The molecule has 3 rings (SSSR count). The van der Waals surface area contributed by atoms with Crippen LogP contribution in [-0.2, 0) is 6.54 Å². The normalized spacial score (nSPS) is 13.4. The average molecular weight is 262 g/mol. The lowest BCUT2D eigenvalue weighted by atomic mass is 10.1. The molecule has 2 aromatic rings. The van der Waals surface area contributed by atoms with Crippen LogP contribution in [0.4, 0.5) is 0 Å². The maximum atomic E-state index is 9.24. The zero-order chi connectivity index (χ0) is 11.8. The predicted molar refractivity (Wildman–Crippen MR) is 68.1 cm³/mol. The second-order valence-corrected chi connectivity index (χ2v) is 5.21. The second kappa shape index (κ2) is 4.10.